The summed E-state index contributed by atoms with van der Waals surface area (Å²) in [4.78, 5) is 13.0. The monoisotopic (exact) mass is 901 g/mol. The Hall–Kier alpha value is -1.79. The van der Waals surface area contributed by atoms with Crippen LogP contribution in [0.25, 0.3) is 0 Å². The highest BCUT2D eigenvalue weighted by Crippen LogP contribution is 2.26. The smallest absolute Gasteiger partial charge is 0.306 e. The molecule has 2 heterocycles. The summed E-state index contributed by atoms with van der Waals surface area (Å²) in [6.07, 6.45) is 23.5. The summed E-state index contributed by atoms with van der Waals surface area (Å²) in [5.74, 6) is -0.390. The fraction of sp³-hybridized carbons (Fsp3) is 0.857. The minimum absolute atomic E-state index is 0.0514. The van der Waals surface area contributed by atoms with Crippen molar-refractivity contribution in [3.63, 3.8) is 0 Å². The van der Waals surface area contributed by atoms with Gasteiger partial charge in [0.2, 0.25) is 0 Å². The van der Waals surface area contributed by atoms with Crippen molar-refractivity contribution in [2.24, 2.45) is 0 Å². The SMILES string of the molecule is CCCCC/C=C\C/C=C\CCCCCCCCOCC(COC1OC(COC2OC(CO)C(O)C(O)C2O)C(O)C(O)C1O)OC(=O)CCCCCCC/C=C\CCCCCC. The molecule has 7 N–H and O–H groups in total. The fourth-order valence-electron chi connectivity index (χ4n) is 7.54. The summed E-state index contributed by atoms with van der Waals surface area (Å²) < 4.78 is 34.2. The third-order valence-corrected chi connectivity index (χ3v) is 11.6. The first-order chi connectivity index (χ1) is 30.6. The Kier molecular flexibility index (Phi) is 34.0. The van der Waals surface area contributed by atoms with Crippen LogP contribution in [0.3, 0.4) is 0 Å². The molecular formula is C49H88O14. The number of aliphatic hydroxyl groups is 7. The van der Waals surface area contributed by atoms with Gasteiger partial charge in [-0.2, -0.15) is 0 Å². The van der Waals surface area contributed by atoms with Gasteiger partial charge in [-0.05, 0) is 70.6 Å². The van der Waals surface area contributed by atoms with Crippen LogP contribution in [0, 0.1) is 0 Å². The highest BCUT2D eigenvalue weighted by molar-refractivity contribution is 5.69. The van der Waals surface area contributed by atoms with E-state index in [1.165, 1.54) is 64.2 Å². The molecule has 0 radical (unpaired) electrons. The minimum atomic E-state index is -1.71. The van der Waals surface area contributed by atoms with Gasteiger partial charge in [-0.1, -0.05) is 127 Å². The third-order valence-electron chi connectivity index (χ3n) is 11.6. The molecule has 2 aliphatic rings. The summed E-state index contributed by atoms with van der Waals surface area (Å²) in [5.41, 5.74) is 0. The van der Waals surface area contributed by atoms with Crippen molar-refractivity contribution in [3.8, 4) is 0 Å². The Morgan fingerprint density at radius 2 is 0.984 bits per heavy atom. The van der Waals surface area contributed by atoms with Crippen molar-refractivity contribution in [2.45, 2.75) is 235 Å². The minimum Gasteiger partial charge on any atom is -0.457 e. The second-order valence-electron chi connectivity index (χ2n) is 17.3. The molecule has 368 valence electrons. The van der Waals surface area contributed by atoms with Crippen molar-refractivity contribution < 1.29 is 69.0 Å². The maximum Gasteiger partial charge on any atom is 0.306 e. The predicted octanol–water partition coefficient (Wildman–Crippen LogP) is 6.63. The van der Waals surface area contributed by atoms with E-state index in [2.05, 4.69) is 50.3 Å². The van der Waals surface area contributed by atoms with E-state index in [4.69, 9.17) is 28.4 Å². The average Bonchev–Trinajstić information content (AvgIpc) is 3.28. The van der Waals surface area contributed by atoms with E-state index in [0.29, 0.717) is 13.0 Å². The van der Waals surface area contributed by atoms with Gasteiger partial charge in [0.1, 0.15) is 54.9 Å². The fourth-order valence-corrected chi connectivity index (χ4v) is 7.54. The van der Waals surface area contributed by atoms with Crippen LogP contribution in [0.2, 0.25) is 0 Å². The van der Waals surface area contributed by atoms with Crippen molar-refractivity contribution in [1.82, 2.24) is 0 Å². The molecule has 0 aromatic carbocycles. The average molecular weight is 901 g/mol. The number of allylic oxidation sites excluding steroid dienone is 6. The number of unbranched alkanes of at least 4 members (excludes halogenated alkanes) is 18. The van der Waals surface area contributed by atoms with E-state index >= 15 is 0 Å². The first kappa shape index (κ1) is 57.3. The van der Waals surface area contributed by atoms with E-state index in [-0.39, 0.29) is 19.6 Å². The summed E-state index contributed by atoms with van der Waals surface area (Å²) >= 11 is 0. The molecule has 11 atom stereocenters. The molecular weight excluding hydrogens is 813 g/mol. The van der Waals surface area contributed by atoms with Gasteiger partial charge in [0, 0.05) is 13.0 Å². The Morgan fingerprint density at radius 3 is 1.57 bits per heavy atom. The van der Waals surface area contributed by atoms with Gasteiger partial charge in [0.05, 0.1) is 26.4 Å². The standard InChI is InChI=1S/C49H88O14/c1-3-5-7-9-11-13-15-17-18-19-21-23-25-27-29-31-33-58-35-38(61-41(51)32-30-28-26-24-22-20-16-14-12-10-8-6-4-2)36-59-48-47(57)45(55)43(53)40(63-48)37-60-49-46(56)44(54)42(52)39(34-50)62-49/h11,13-14,16-18,38-40,42-50,52-57H,3-10,12,15,19-37H2,1-2H3/b13-11-,16-14-,18-17-. The largest absolute Gasteiger partial charge is 0.457 e. The lowest BCUT2D eigenvalue weighted by Gasteiger charge is -2.42. The number of esters is 1. The molecule has 11 unspecified atom stereocenters. The van der Waals surface area contributed by atoms with Gasteiger partial charge in [0.25, 0.3) is 0 Å². The number of rotatable bonds is 38. The van der Waals surface area contributed by atoms with Gasteiger partial charge < -0.3 is 64.2 Å². The molecule has 2 fully saturated rings. The first-order valence-electron chi connectivity index (χ1n) is 24.6. The van der Waals surface area contributed by atoms with Gasteiger partial charge in [-0.3, -0.25) is 4.79 Å². The van der Waals surface area contributed by atoms with Crippen LogP contribution in [0.5, 0.6) is 0 Å². The van der Waals surface area contributed by atoms with Crippen molar-refractivity contribution in [3.05, 3.63) is 36.5 Å². The second kappa shape index (κ2) is 37.3. The Labute approximate surface area is 379 Å². The van der Waals surface area contributed by atoms with Crippen molar-refractivity contribution >= 4 is 5.97 Å². The van der Waals surface area contributed by atoms with Crippen LogP contribution in [-0.2, 0) is 33.2 Å². The molecule has 2 saturated heterocycles. The quantitative estimate of drug-likeness (QED) is 0.0197. The molecule has 14 nitrogen and oxygen atoms in total. The van der Waals surface area contributed by atoms with Gasteiger partial charge in [0.15, 0.2) is 12.6 Å². The molecule has 0 bridgehead atoms. The van der Waals surface area contributed by atoms with E-state index < -0.39 is 86.7 Å². The molecule has 0 amide bonds. The number of hydrogen-bond acceptors (Lipinski definition) is 14. The number of carbonyl (C=O) groups is 1. The van der Waals surface area contributed by atoms with Gasteiger partial charge in [-0.25, -0.2) is 0 Å². The van der Waals surface area contributed by atoms with Crippen LogP contribution in [0.4, 0.5) is 0 Å². The van der Waals surface area contributed by atoms with Crippen molar-refractivity contribution in [1.29, 1.82) is 0 Å². The Balaban J connectivity index is 1.80. The summed E-state index contributed by atoms with van der Waals surface area (Å²) in [5, 5.41) is 72.0. The van der Waals surface area contributed by atoms with Crippen LogP contribution < -0.4 is 0 Å². The summed E-state index contributed by atoms with van der Waals surface area (Å²) in [7, 11) is 0. The Bertz CT molecular complexity index is 1180. The zero-order valence-corrected chi connectivity index (χ0v) is 38.8. The zero-order chi connectivity index (χ0) is 45.9. The maximum absolute atomic E-state index is 13.0. The molecule has 63 heavy (non-hydrogen) atoms. The van der Waals surface area contributed by atoms with Crippen LogP contribution in [0.1, 0.15) is 168 Å². The topological polar surface area (TPSA) is 214 Å². The van der Waals surface area contributed by atoms with E-state index in [1.807, 2.05) is 0 Å². The predicted molar refractivity (Wildman–Crippen MR) is 243 cm³/mol. The van der Waals surface area contributed by atoms with Gasteiger partial charge >= 0.3 is 5.97 Å². The normalized spacial score (nSPS) is 27.3. The number of ether oxygens (including phenoxy) is 6. The van der Waals surface area contributed by atoms with Crippen LogP contribution in [-0.4, -0.2) is 142 Å². The van der Waals surface area contributed by atoms with Crippen molar-refractivity contribution in [2.75, 3.05) is 33.0 Å². The molecule has 0 spiro atoms. The zero-order valence-electron chi connectivity index (χ0n) is 38.8. The van der Waals surface area contributed by atoms with E-state index in [9.17, 15) is 40.5 Å². The summed E-state index contributed by atoms with van der Waals surface area (Å²) in [6, 6.07) is 0. The molecule has 14 heteroatoms. The third kappa shape index (κ3) is 25.6. The van der Waals surface area contributed by atoms with Gasteiger partial charge in [-0.15, -0.1) is 0 Å². The molecule has 2 rings (SSSR count). The van der Waals surface area contributed by atoms with Crippen LogP contribution in [0.15, 0.2) is 36.5 Å². The summed E-state index contributed by atoms with van der Waals surface area (Å²) in [6.45, 7) is 3.60. The number of hydrogen-bond donors (Lipinski definition) is 7. The number of carbonyl (C=O) groups excluding carboxylic acids is 1. The lowest BCUT2D eigenvalue weighted by Crippen LogP contribution is -2.61. The lowest BCUT2D eigenvalue weighted by molar-refractivity contribution is -0.332. The highest BCUT2D eigenvalue weighted by atomic mass is 16.7. The molecule has 0 saturated carbocycles. The second-order valence-corrected chi connectivity index (χ2v) is 17.3. The highest BCUT2D eigenvalue weighted by Gasteiger charge is 2.47. The molecule has 0 aliphatic carbocycles. The van der Waals surface area contributed by atoms with E-state index in [0.717, 1.165) is 77.0 Å². The number of aliphatic hydroxyl groups excluding tert-OH is 7. The Morgan fingerprint density at radius 1 is 0.524 bits per heavy atom. The lowest BCUT2D eigenvalue weighted by atomic mass is 9.98. The first-order valence-corrected chi connectivity index (χ1v) is 24.6. The molecule has 2 aliphatic heterocycles. The molecule has 0 aromatic rings. The molecule has 0 aromatic heterocycles. The van der Waals surface area contributed by atoms with E-state index in [1.54, 1.807) is 0 Å². The maximum atomic E-state index is 13.0. The van der Waals surface area contributed by atoms with Crippen LogP contribution >= 0.6 is 0 Å².